The molecule has 0 aromatic heterocycles. The standard InChI is InChI=1S/C12H17NO3/c1-15-11-4-2-9(3-5-11)12(14)6-13-10-7-16-8-10/h2-5,10,12-14H,6-8H2,1H3. The minimum absolute atomic E-state index is 0.396. The summed E-state index contributed by atoms with van der Waals surface area (Å²) in [5, 5.41) is 13.1. The van der Waals surface area contributed by atoms with Gasteiger partial charge in [-0.2, -0.15) is 0 Å². The minimum Gasteiger partial charge on any atom is -0.497 e. The summed E-state index contributed by atoms with van der Waals surface area (Å²) in [6, 6.07) is 7.86. The lowest BCUT2D eigenvalue weighted by molar-refractivity contribution is -0.00981. The van der Waals surface area contributed by atoms with Crippen molar-refractivity contribution >= 4 is 0 Å². The van der Waals surface area contributed by atoms with Crippen LogP contribution in [0.15, 0.2) is 24.3 Å². The molecule has 1 saturated heterocycles. The second kappa shape index (κ2) is 5.30. The Labute approximate surface area is 95.2 Å². The average molecular weight is 223 g/mol. The Kier molecular flexibility index (Phi) is 3.77. The van der Waals surface area contributed by atoms with Crippen molar-refractivity contribution < 1.29 is 14.6 Å². The number of hydrogen-bond acceptors (Lipinski definition) is 4. The van der Waals surface area contributed by atoms with E-state index in [0.717, 1.165) is 24.5 Å². The SMILES string of the molecule is COc1ccc(C(O)CNC2COC2)cc1. The third-order valence-electron chi connectivity index (χ3n) is 2.74. The van der Waals surface area contributed by atoms with E-state index < -0.39 is 6.10 Å². The van der Waals surface area contributed by atoms with Gasteiger partial charge in [0.1, 0.15) is 5.75 Å². The highest BCUT2D eigenvalue weighted by atomic mass is 16.5. The van der Waals surface area contributed by atoms with E-state index in [9.17, 15) is 5.11 Å². The number of methoxy groups -OCH3 is 1. The quantitative estimate of drug-likeness (QED) is 0.772. The normalized spacial score (nSPS) is 17.9. The predicted octanol–water partition coefficient (Wildman–Crippen LogP) is 0.717. The van der Waals surface area contributed by atoms with Gasteiger partial charge in [-0.15, -0.1) is 0 Å². The maximum atomic E-state index is 9.91. The molecule has 4 nitrogen and oxygen atoms in total. The largest absolute Gasteiger partial charge is 0.497 e. The van der Waals surface area contributed by atoms with Gasteiger partial charge < -0.3 is 19.9 Å². The zero-order valence-electron chi connectivity index (χ0n) is 9.35. The molecule has 1 aliphatic heterocycles. The van der Waals surface area contributed by atoms with Crippen LogP contribution in [0.25, 0.3) is 0 Å². The molecule has 0 aliphatic carbocycles. The molecule has 1 aliphatic rings. The zero-order valence-corrected chi connectivity index (χ0v) is 9.35. The van der Waals surface area contributed by atoms with Crippen LogP contribution < -0.4 is 10.1 Å². The first-order valence-electron chi connectivity index (χ1n) is 5.42. The van der Waals surface area contributed by atoms with Crippen LogP contribution in [0.4, 0.5) is 0 Å². The van der Waals surface area contributed by atoms with E-state index in [-0.39, 0.29) is 0 Å². The van der Waals surface area contributed by atoms with E-state index in [0.29, 0.717) is 12.6 Å². The molecule has 16 heavy (non-hydrogen) atoms. The minimum atomic E-state index is -0.480. The molecule has 1 fully saturated rings. The molecule has 1 atom stereocenters. The Balaban J connectivity index is 1.84. The van der Waals surface area contributed by atoms with E-state index in [4.69, 9.17) is 9.47 Å². The topological polar surface area (TPSA) is 50.7 Å². The molecule has 88 valence electrons. The fourth-order valence-electron chi connectivity index (χ4n) is 1.58. The molecule has 2 rings (SSSR count). The van der Waals surface area contributed by atoms with Crippen molar-refractivity contribution in [3.05, 3.63) is 29.8 Å². The van der Waals surface area contributed by atoms with E-state index in [1.54, 1.807) is 7.11 Å². The van der Waals surface area contributed by atoms with Crippen molar-refractivity contribution in [2.45, 2.75) is 12.1 Å². The Bertz CT molecular complexity index is 322. The number of aliphatic hydroxyl groups is 1. The number of hydrogen-bond donors (Lipinski definition) is 2. The highest BCUT2D eigenvalue weighted by Gasteiger charge is 2.18. The molecule has 4 heteroatoms. The second-order valence-corrected chi connectivity index (χ2v) is 3.93. The van der Waals surface area contributed by atoms with Crippen LogP contribution in [0.3, 0.4) is 0 Å². The predicted molar refractivity (Wildman–Crippen MR) is 60.6 cm³/mol. The number of ether oxygens (including phenoxy) is 2. The molecule has 0 spiro atoms. The third kappa shape index (κ3) is 2.72. The van der Waals surface area contributed by atoms with E-state index >= 15 is 0 Å². The van der Waals surface area contributed by atoms with Gasteiger partial charge in [0.2, 0.25) is 0 Å². The maximum Gasteiger partial charge on any atom is 0.118 e. The van der Waals surface area contributed by atoms with Gasteiger partial charge in [-0.1, -0.05) is 12.1 Å². The fraction of sp³-hybridized carbons (Fsp3) is 0.500. The van der Waals surface area contributed by atoms with Crippen LogP contribution in [0.5, 0.6) is 5.75 Å². The van der Waals surface area contributed by atoms with Crippen LogP contribution in [0.1, 0.15) is 11.7 Å². The summed E-state index contributed by atoms with van der Waals surface area (Å²) >= 11 is 0. The summed E-state index contributed by atoms with van der Waals surface area (Å²) < 4.78 is 10.1. The molecule has 1 aromatic carbocycles. The van der Waals surface area contributed by atoms with Gasteiger partial charge in [0.25, 0.3) is 0 Å². The average Bonchev–Trinajstić information content (AvgIpc) is 2.27. The number of aliphatic hydroxyl groups excluding tert-OH is 1. The first kappa shape index (κ1) is 11.4. The summed E-state index contributed by atoms with van der Waals surface area (Å²) in [6.07, 6.45) is -0.480. The third-order valence-corrected chi connectivity index (χ3v) is 2.74. The molecule has 0 amide bonds. The summed E-state index contributed by atoms with van der Waals surface area (Å²) in [5.74, 6) is 0.802. The molecular formula is C12H17NO3. The summed E-state index contributed by atoms with van der Waals surface area (Å²) in [4.78, 5) is 0. The van der Waals surface area contributed by atoms with Gasteiger partial charge in [0, 0.05) is 6.54 Å². The van der Waals surface area contributed by atoms with Crippen molar-refractivity contribution in [2.24, 2.45) is 0 Å². The number of benzene rings is 1. The van der Waals surface area contributed by atoms with E-state index in [1.165, 1.54) is 0 Å². The van der Waals surface area contributed by atoms with Gasteiger partial charge in [-0.05, 0) is 17.7 Å². The molecule has 0 radical (unpaired) electrons. The molecular weight excluding hydrogens is 206 g/mol. The lowest BCUT2D eigenvalue weighted by Crippen LogP contribution is -2.47. The monoisotopic (exact) mass is 223 g/mol. The number of nitrogens with one attached hydrogen (secondary N) is 1. The highest BCUT2D eigenvalue weighted by Crippen LogP contribution is 2.17. The fourth-order valence-corrected chi connectivity index (χ4v) is 1.58. The van der Waals surface area contributed by atoms with Crippen LogP contribution in [0.2, 0.25) is 0 Å². The van der Waals surface area contributed by atoms with Gasteiger partial charge in [-0.3, -0.25) is 0 Å². The first-order valence-corrected chi connectivity index (χ1v) is 5.42. The zero-order chi connectivity index (χ0) is 11.4. The van der Waals surface area contributed by atoms with Gasteiger partial charge in [-0.25, -0.2) is 0 Å². The van der Waals surface area contributed by atoms with Gasteiger partial charge >= 0.3 is 0 Å². The number of rotatable bonds is 5. The molecule has 2 N–H and O–H groups in total. The Morgan fingerprint density at radius 3 is 2.62 bits per heavy atom. The lowest BCUT2D eigenvalue weighted by Gasteiger charge is -2.28. The van der Waals surface area contributed by atoms with Gasteiger partial charge in [0.05, 0.1) is 32.5 Å². The Morgan fingerprint density at radius 1 is 1.44 bits per heavy atom. The lowest BCUT2D eigenvalue weighted by atomic mass is 10.1. The van der Waals surface area contributed by atoms with E-state index in [1.807, 2.05) is 24.3 Å². The maximum absolute atomic E-state index is 9.91. The molecule has 1 heterocycles. The van der Waals surface area contributed by atoms with Crippen molar-refractivity contribution in [1.82, 2.24) is 5.32 Å². The summed E-state index contributed by atoms with van der Waals surface area (Å²) in [6.45, 7) is 2.05. The summed E-state index contributed by atoms with van der Waals surface area (Å²) in [5.41, 5.74) is 0.897. The van der Waals surface area contributed by atoms with Crippen LogP contribution in [-0.4, -0.2) is 38.0 Å². The first-order chi connectivity index (χ1) is 7.79. The molecule has 1 unspecified atom stereocenters. The Hall–Kier alpha value is -1.10. The molecule has 0 bridgehead atoms. The van der Waals surface area contributed by atoms with Crippen molar-refractivity contribution in [2.75, 3.05) is 26.9 Å². The van der Waals surface area contributed by atoms with Gasteiger partial charge in [0.15, 0.2) is 0 Å². The second-order valence-electron chi connectivity index (χ2n) is 3.93. The molecule has 1 aromatic rings. The highest BCUT2D eigenvalue weighted by molar-refractivity contribution is 5.28. The van der Waals surface area contributed by atoms with Crippen molar-refractivity contribution in [1.29, 1.82) is 0 Å². The summed E-state index contributed by atoms with van der Waals surface area (Å²) in [7, 11) is 1.63. The van der Waals surface area contributed by atoms with Crippen molar-refractivity contribution in [3.63, 3.8) is 0 Å². The Morgan fingerprint density at radius 2 is 2.12 bits per heavy atom. The molecule has 0 saturated carbocycles. The van der Waals surface area contributed by atoms with Crippen LogP contribution >= 0.6 is 0 Å². The van der Waals surface area contributed by atoms with Crippen molar-refractivity contribution in [3.8, 4) is 5.75 Å². The van der Waals surface area contributed by atoms with E-state index in [2.05, 4.69) is 5.32 Å². The van der Waals surface area contributed by atoms with Crippen LogP contribution in [-0.2, 0) is 4.74 Å². The smallest absolute Gasteiger partial charge is 0.118 e. The van der Waals surface area contributed by atoms with Crippen LogP contribution in [0, 0.1) is 0 Å².